The molecule has 0 spiro atoms. The van der Waals surface area contributed by atoms with Crippen LogP contribution in [0.3, 0.4) is 0 Å². The van der Waals surface area contributed by atoms with E-state index in [1.54, 1.807) is 6.92 Å². The van der Waals surface area contributed by atoms with Gasteiger partial charge in [-0.2, -0.15) is 4.39 Å². The lowest BCUT2D eigenvalue weighted by atomic mass is 10.2. The summed E-state index contributed by atoms with van der Waals surface area (Å²) in [6.07, 6.45) is 1.34. The van der Waals surface area contributed by atoms with E-state index >= 15 is 0 Å². The normalized spacial score (nSPS) is 9.64. The number of aromatic nitrogens is 1. The van der Waals surface area contributed by atoms with E-state index < -0.39 is 11.9 Å². The lowest BCUT2D eigenvalue weighted by molar-refractivity contribution is 0.0995. The molecular weight excluding hydrogens is 147 g/mol. The molecule has 0 bridgehead atoms. The fraction of sp³-hybridized carbons (Fsp3) is 0.143. The van der Waals surface area contributed by atoms with Gasteiger partial charge in [-0.05, 0) is 18.6 Å². The lowest BCUT2D eigenvalue weighted by Crippen LogP contribution is -2.14. The Bertz CT molecular complexity index is 298. The Balaban J connectivity index is 3.23. The van der Waals surface area contributed by atoms with Crippen LogP contribution in [0.5, 0.6) is 0 Å². The first-order valence-corrected chi connectivity index (χ1v) is 3.03. The van der Waals surface area contributed by atoms with Crippen molar-refractivity contribution in [2.75, 3.05) is 0 Å². The zero-order valence-electron chi connectivity index (χ0n) is 5.97. The second-order valence-electron chi connectivity index (χ2n) is 2.22. The summed E-state index contributed by atoms with van der Waals surface area (Å²) in [6.45, 7) is 1.71. The molecule has 1 aromatic heterocycles. The number of aryl methyl sites for hydroxylation is 1. The number of nitrogens with two attached hydrogens (primary N) is 1. The van der Waals surface area contributed by atoms with Gasteiger partial charge in [-0.15, -0.1) is 0 Å². The van der Waals surface area contributed by atoms with E-state index in [0.717, 1.165) is 0 Å². The molecule has 0 saturated carbocycles. The minimum Gasteiger partial charge on any atom is -0.365 e. The maximum atomic E-state index is 12.6. The lowest BCUT2D eigenvalue weighted by Gasteiger charge is -1.97. The van der Waals surface area contributed by atoms with Gasteiger partial charge < -0.3 is 5.73 Å². The number of nitrogens with zero attached hydrogens (tertiary/aromatic N) is 1. The van der Waals surface area contributed by atoms with Gasteiger partial charge in [-0.1, -0.05) is 0 Å². The van der Waals surface area contributed by atoms with Crippen molar-refractivity contribution in [3.8, 4) is 0 Å². The third kappa shape index (κ3) is 1.52. The number of hydrogen-bond acceptors (Lipinski definition) is 2. The van der Waals surface area contributed by atoms with Gasteiger partial charge >= 0.3 is 0 Å². The molecule has 0 aliphatic rings. The number of amides is 1. The molecule has 1 aromatic rings. The maximum Gasteiger partial charge on any atom is 0.253 e. The van der Waals surface area contributed by atoms with Crippen LogP contribution in [0, 0.1) is 12.9 Å². The number of halogens is 1. The Hall–Kier alpha value is -1.45. The van der Waals surface area contributed by atoms with Crippen LogP contribution >= 0.6 is 0 Å². The largest absolute Gasteiger partial charge is 0.365 e. The van der Waals surface area contributed by atoms with Crippen LogP contribution in [0.2, 0.25) is 0 Å². The van der Waals surface area contributed by atoms with Crippen LogP contribution in [0.25, 0.3) is 0 Å². The van der Waals surface area contributed by atoms with Gasteiger partial charge in [-0.3, -0.25) is 4.79 Å². The fourth-order valence-electron chi connectivity index (χ4n) is 0.725. The van der Waals surface area contributed by atoms with Crippen molar-refractivity contribution in [1.82, 2.24) is 4.98 Å². The van der Waals surface area contributed by atoms with E-state index in [0.29, 0.717) is 5.56 Å². The summed E-state index contributed by atoms with van der Waals surface area (Å²) < 4.78 is 12.6. The van der Waals surface area contributed by atoms with Crippen LogP contribution in [0.1, 0.15) is 15.9 Å². The quantitative estimate of drug-likeness (QED) is 0.603. The zero-order valence-corrected chi connectivity index (χ0v) is 5.97. The average molecular weight is 154 g/mol. The topological polar surface area (TPSA) is 56.0 Å². The highest BCUT2D eigenvalue weighted by molar-refractivity contribution is 5.92. The monoisotopic (exact) mass is 154 g/mol. The van der Waals surface area contributed by atoms with Gasteiger partial charge in [0, 0.05) is 6.20 Å². The number of rotatable bonds is 1. The molecule has 1 rings (SSSR count). The smallest absolute Gasteiger partial charge is 0.253 e. The number of hydrogen-bond donors (Lipinski definition) is 1. The van der Waals surface area contributed by atoms with E-state index in [1.807, 2.05) is 0 Å². The maximum absolute atomic E-state index is 12.6. The van der Waals surface area contributed by atoms with E-state index in [4.69, 9.17) is 5.73 Å². The molecule has 1 amide bonds. The van der Waals surface area contributed by atoms with Gasteiger partial charge in [0.2, 0.25) is 5.95 Å². The van der Waals surface area contributed by atoms with Crippen molar-refractivity contribution in [1.29, 1.82) is 0 Å². The fourth-order valence-corrected chi connectivity index (χ4v) is 0.725. The summed E-state index contributed by atoms with van der Waals surface area (Å²) in [5, 5.41) is 0. The highest BCUT2D eigenvalue weighted by Gasteiger charge is 2.08. The zero-order chi connectivity index (χ0) is 8.43. The van der Waals surface area contributed by atoms with Gasteiger partial charge in [0.15, 0.2) is 0 Å². The molecule has 0 aliphatic carbocycles. The van der Waals surface area contributed by atoms with Crippen LogP contribution < -0.4 is 5.73 Å². The van der Waals surface area contributed by atoms with Crippen LogP contribution in [-0.4, -0.2) is 10.9 Å². The minimum atomic E-state index is -0.817. The Morgan fingerprint density at radius 3 is 2.82 bits per heavy atom. The molecule has 0 aliphatic heterocycles. The Kier molecular flexibility index (Phi) is 1.85. The van der Waals surface area contributed by atoms with Gasteiger partial charge in [-0.25, -0.2) is 4.98 Å². The Morgan fingerprint density at radius 1 is 1.73 bits per heavy atom. The van der Waals surface area contributed by atoms with Crippen LogP contribution in [0.4, 0.5) is 4.39 Å². The van der Waals surface area contributed by atoms with Crippen molar-refractivity contribution < 1.29 is 9.18 Å². The minimum absolute atomic E-state index is 0.162. The molecule has 0 fully saturated rings. The molecular formula is C7H7FN2O. The second-order valence-corrected chi connectivity index (χ2v) is 2.22. The van der Waals surface area contributed by atoms with Gasteiger partial charge in [0.1, 0.15) is 0 Å². The first-order chi connectivity index (χ1) is 5.11. The molecule has 0 unspecified atom stereocenters. The molecule has 2 N–H and O–H groups in total. The Morgan fingerprint density at radius 2 is 2.36 bits per heavy atom. The third-order valence-electron chi connectivity index (χ3n) is 1.24. The summed E-state index contributed by atoms with van der Waals surface area (Å²) in [7, 11) is 0. The van der Waals surface area contributed by atoms with E-state index in [2.05, 4.69) is 4.98 Å². The summed E-state index contributed by atoms with van der Waals surface area (Å²) in [5.74, 6) is -1.61. The molecule has 4 heteroatoms. The number of carbonyl (C=O) groups excluding carboxylic acids is 1. The summed E-state index contributed by atoms with van der Waals surface area (Å²) >= 11 is 0. The van der Waals surface area contributed by atoms with Crippen molar-refractivity contribution in [3.05, 3.63) is 29.3 Å². The highest BCUT2D eigenvalue weighted by atomic mass is 19.1. The average Bonchev–Trinajstić information content (AvgIpc) is 1.94. The number of carbonyl (C=O) groups is 1. The number of primary amides is 1. The molecule has 0 saturated heterocycles. The van der Waals surface area contributed by atoms with E-state index in [9.17, 15) is 9.18 Å². The first kappa shape index (κ1) is 7.65. The van der Waals surface area contributed by atoms with E-state index in [-0.39, 0.29) is 5.56 Å². The van der Waals surface area contributed by atoms with Crippen molar-refractivity contribution in [2.45, 2.75) is 6.92 Å². The van der Waals surface area contributed by atoms with Crippen LogP contribution in [-0.2, 0) is 0 Å². The molecule has 1 heterocycles. The van der Waals surface area contributed by atoms with E-state index in [1.165, 1.54) is 12.3 Å². The predicted octanol–water partition coefficient (Wildman–Crippen LogP) is 0.628. The molecule has 11 heavy (non-hydrogen) atoms. The second kappa shape index (κ2) is 2.65. The van der Waals surface area contributed by atoms with Gasteiger partial charge in [0.25, 0.3) is 5.91 Å². The van der Waals surface area contributed by atoms with Crippen molar-refractivity contribution in [3.63, 3.8) is 0 Å². The molecule has 0 aromatic carbocycles. The third-order valence-corrected chi connectivity index (χ3v) is 1.24. The summed E-state index contributed by atoms with van der Waals surface area (Å²) in [6, 6.07) is 1.37. The SMILES string of the molecule is Cc1cnc(F)c(C(N)=O)c1. The van der Waals surface area contributed by atoms with Crippen LogP contribution in [0.15, 0.2) is 12.3 Å². The summed E-state index contributed by atoms with van der Waals surface area (Å²) in [4.78, 5) is 13.8. The van der Waals surface area contributed by atoms with Crippen molar-refractivity contribution in [2.24, 2.45) is 5.73 Å². The first-order valence-electron chi connectivity index (χ1n) is 3.03. The Labute approximate surface area is 63.0 Å². The predicted molar refractivity (Wildman–Crippen MR) is 37.4 cm³/mol. The van der Waals surface area contributed by atoms with Crippen molar-refractivity contribution >= 4 is 5.91 Å². The highest BCUT2D eigenvalue weighted by Crippen LogP contribution is 2.04. The van der Waals surface area contributed by atoms with Gasteiger partial charge in [0.05, 0.1) is 5.56 Å². The summed E-state index contributed by atoms with van der Waals surface area (Å²) in [5.41, 5.74) is 5.41. The molecule has 0 radical (unpaired) electrons. The molecule has 3 nitrogen and oxygen atoms in total. The standard InChI is InChI=1S/C7H7FN2O/c1-4-2-5(7(9)11)6(8)10-3-4/h2-3H,1H3,(H2,9,11). The molecule has 58 valence electrons. The molecule has 0 atom stereocenters. The number of pyridine rings is 1.